The van der Waals surface area contributed by atoms with Gasteiger partial charge in [0, 0.05) is 29.3 Å². The molecule has 2 unspecified atom stereocenters. The number of nitrogens with one attached hydrogen (secondary N) is 3. The van der Waals surface area contributed by atoms with Crippen molar-refractivity contribution in [2.75, 3.05) is 11.9 Å². The Morgan fingerprint density at radius 3 is 2.74 bits per heavy atom. The average Bonchev–Trinajstić information content (AvgIpc) is 2.99. The number of hydrogen-bond acceptors (Lipinski definition) is 3. The zero-order valence-corrected chi connectivity index (χ0v) is 13.6. The lowest BCUT2D eigenvalue weighted by Gasteiger charge is -2.29. The number of carbonyl (C=O) groups excluding carboxylic acids is 2. The van der Waals surface area contributed by atoms with Gasteiger partial charge in [-0.1, -0.05) is 20.3 Å². The van der Waals surface area contributed by atoms with E-state index in [9.17, 15) is 14.7 Å². The van der Waals surface area contributed by atoms with Crippen molar-refractivity contribution >= 4 is 28.4 Å². The minimum atomic E-state index is -1.05. The largest absolute Gasteiger partial charge is 0.388 e. The molecule has 2 aromatic rings. The second-order valence-corrected chi connectivity index (χ2v) is 6.08. The van der Waals surface area contributed by atoms with Gasteiger partial charge in [-0.2, -0.15) is 0 Å². The highest BCUT2D eigenvalue weighted by Crippen LogP contribution is 2.19. The predicted molar refractivity (Wildman–Crippen MR) is 90.0 cm³/mol. The van der Waals surface area contributed by atoms with Crippen LogP contribution in [0, 0.1) is 5.92 Å². The predicted octanol–water partition coefficient (Wildman–Crippen LogP) is 2.02. The van der Waals surface area contributed by atoms with Crippen molar-refractivity contribution < 1.29 is 14.7 Å². The Kier molecular flexibility index (Phi) is 5.05. The summed E-state index contributed by atoms with van der Waals surface area (Å²) in [7, 11) is 0. The van der Waals surface area contributed by atoms with Crippen molar-refractivity contribution in [3.05, 3.63) is 30.5 Å². The van der Waals surface area contributed by atoms with Gasteiger partial charge < -0.3 is 20.7 Å². The first-order chi connectivity index (χ1) is 10.8. The number of aliphatic hydroxyl groups is 1. The molecule has 0 saturated heterocycles. The van der Waals surface area contributed by atoms with E-state index in [-0.39, 0.29) is 12.5 Å². The fourth-order valence-corrected chi connectivity index (χ4v) is 2.27. The van der Waals surface area contributed by atoms with Gasteiger partial charge in [-0.15, -0.1) is 0 Å². The molecule has 0 radical (unpaired) electrons. The maximum atomic E-state index is 11.9. The molecule has 6 heteroatoms. The summed E-state index contributed by atoms with van der Waals surface area (Å²) in [5.74, 6) is -1.50. The molecular formula is C17H23N3O3. The van der Waals surface area contributed by atoms with Crippen LogP contribution >= 0.6 is 0 Å². The summed E-state index contributed by atoms with van der Waals surface area (Å²) in [4.78, 5) is 26.9. The van der Waals surface area contributed by atoms with Crippen LogP contribution in [0.25, 0.3) is 10.9 Å². The van der Waals surface area contributed by atoms with Crippen LogP contribution in [0.3, 0.4) is 0 Å². The van der Waals surface area contributed by atoms with Crippen LogP contribution in [0.1, 0.15) is 27.2 Å². The van der Waals surface area contributed by atoms with Crippen LogP contribution in [0.5, 0.6) is 0 Å². The highest BCUT2D eigenvalue weighted by molar-refractivity contribution is 6.39. The van der Waals surface area contributed by atoms with Crippen LogP contribution in [-0.4, -0.2) is 34.1 Å². The van der Waals surface area contributed by atoms with Gasteiger partial charge >= 0.3 is 11.8 Å². The van der Waals surface area contributed by atoms with E-state index >= 15 is 0 Å². The molecular weight excluding hydrogens is 294 g/mol. The highest BCUT2D eigenvalue weighted by Gasteiger charge is 2.28. The Balaban J connectivity index is 1.93. The average molecular weight is 317 g/mol. The first kappa shape index (κ1) is 17.0. The first-order valence-electron chi connectivity index (χ1n) is 7.72. The molecule has 124 valence electrons. The first-order valence-corrected chi connectivity index (χ1v) is 7.72. The van der Waals surface area contributed by atoms with Crippen molar-refractivity contribution in [1.29, 1.82) is 0 Å². The van der Waals surface area contributed by atoms with E-state index in [4.69, 9.17) is 0 Å². The van der Waals surface area contributed by atoms with Gasteiger partial charge in [0.15, 0.2) is 0 Å². The molecule has 0 aliphatic rings. The number of aromatic nitrogens is 1. The summed E-state index contributed by atoms with van der Waals surface area (Å²) in [6.07, 6.45) is 2.59. The van der Waals surface area contributed by atoms with E-state index in [0.29, 0.717) is 5.69 Å². The zero-order valence-electron chi connectivity index (χ0n) is 13.6. The van der Waals surface area contributed by atoms with E-state index in [0.717, 1.165) is 17.3 Å². The van der Waals surface area contributed by atoms with Crippen LogP contribution in [-0.2, 0) is 9.59 Å². The fourth-order valence-electron chi connectivity index (χ4n) is 2.27. The minimum Gasteiger partial charge on any atom is -0.388 e. The van der Waals surface area contributed by atoms with E-state index in [1.165, 1.54) is 0 Å². The monoisotopic (exact) mass is 317 g/mol. The molecule has 0 saturated carbocycles. The number of H-pyrrole nitrogens is 1. The third-order valence-corrected chi connectivity index (χ3v) is 4.30. The Hall–Kier alpha value is -2.34. The van der Waals surface area contributed by atoms with Gasteiger partial charge in [-0.3, -0.25) is 9.59 Å². The maximum absolute atomic E-state index is 11.9. The van der Waals surface area contributed by atoms with Gasteiger partial charge in [-0.05, 0) is 37.1 Å². The lowest BCUT2D eigenvalue weighted by atomic mass is 9.89. The number of aromatic amines is 1. The number of benzene rings is 1. The Bertz CT molecular complexity index is 706. The standard InChI is InChI=1S/C17H23N3O3/c1-4-11(2)17(3,23)10-19-15(21)16(22)20-13-5-6-14-12(9-13)7-8-18-14/h5-9,11,18,23H,4,10H2,1-3H3,(H,19,21)(H,20,22). The van der Waals surface area contributed by atoms with Crippen molar-refractivity contribution in [3.63, 3.8) is 0 Å². The van der Waals surface area contributed by atoms with Gasteiger partial charge in [0.05, 0.1) is 5.60 Å². The molecule has 1 aromatic carbocycles. The van der Waals surface area contributed by atoms with Gasteiger partial charge in [0.25, 0.3) is 0 Å². The summed E-state index contributed by atoms with van der Waals surface area (Å²) in [6, 6.07) is 7.22. The van der Waals surface area contributed by atoms with E-state index < -0.39 is 17.4 Å². The highest BCUT2D eigenvalue weighted by atomic mass is 16.3. The number of fused-ring (bicyclic) bond motifs is 1. The quantitative estimate of drug-likeness (QED) is 0.636. The molecule has 4 N–H and O–H groups in total. The molecule has 0 spiro atoms. The summed E-state index contributed by atoms with van der Waals surface area (Å²) < 4.78 is 0. The Morgan fingerprint density at radius 1 is 1.30 bits per heavy atom. The zero-order chi connectivity index (χ0) is 17.0. The number of rotatable bonds is 5. The van der Waals surface area contributed by atoms with Crippen molar-refractivity contribution in [3.8, 4) is 0 Å². The minimum absolute atomic E-state index is 0.0156. The summed E-state index contributed by atoms with van der Waals surface area (Å²) in [5, 5.41) is 16.2. The molecule has 2 amide bonds. The molecule has 0 aliphatic heterocycles. The van der Waals surface area contributed by atoms with Crippen LogP contribution in [0.4, 0.5) is 5.69 Å². The summed E-state index contributed by atoms with van der Waals surface area (Å²) in [5.41, 5.74) is 0.456. The molecule has 0 bridgehead atoms. The van der Waals surface area contributed by atoms with Crippen molar-refractivity contribution in [2.45, 2.75) is 32.8 Å². The number of carbonyl (C=O) groups is 2. The number of hydrogen-bond donors (Lipinski definition) is 4. The van der Waals surface area contributed by atoms with Gasteiger partial charge in [0.1, 0.15) is 0 Å². The van der Waals surface area contributed by atoms with Gasteiger partial charge in [-0.25, -0.2) is 0 Å². The molecule has 6 nitrogen and oxygen atoms in total. The van der Waals surface area contributed by atoms with Crippen molar-refractivity contribution in [1.82, 2.24) is 10.3 Å². The third-order valence-electron chi connectivity index (χ3n) is 4.30. The fraction of sp³-hybridized carbons (Fsp3) is 0.412. The summed E-state index contributed by atoms with van der Waals surface area (Å²) in [6.45, 7) is 5.55. The third kappa shape index (κ3) is 4.10. The van der Waals surface area contributed by atoms with Crippen LogP contribution in [0.2, 0.25) is 0 Å². The van der Waals surface area contributed by atoms with Gasteiger partial charge in [0.2, 0.25) is 0 Å². The van der Waals surface area contributed by atoms with E-state index in [1.54, 1.807) is 25.3 Å². The number of amides is 2. The molecule has 2 atom stereocenters. The number of anilines is 1. The molecule has 23 heavy (non-hydrogen) atoms. The summed E-state index contributed by atoms with van der Waals surface area (Å²) >= 11 is 0. The Labute approximate surface area is 135 Å². The van der Waals surface area contributed by atoms with E-state index in [2.05, 4.69) is 15.6 Å². The lowest BCUT2D eigenvalue weighted by molar-refractivity contribution is -0.137. The second kappa shape index (κ2) is 6.83. The SMILES string of the molecule is CCC(C)C(C)(O)CNC(=O)C(=O)Nc1ccc2[nH]ccc2c1. The van der Waals surface area contributed by atoms with Crippen LogP contribution < -0.4 is 10.6 Å². The molecule has 0 fully saturated rings. The van der Waals surface area contributed by atoms with E-state index in [1.807, 2.05) is 26.0 Å². The molecule has 0 aliphatic carbocycles. The van der Waals surface area contributed by atoms with Crippen molar-refractivity contribution in [2.24, 2.45) is 5.92 Å². The maximum Gasteiger partial charge on any atom is 0.313 e. The van der Waals surface area contributed by atoms with Crippen LogP contribution in [0.15, 0.2) is 30.5 Å². The second-order valence-electron chi connectivity index (χ2n) is 6.08. The molecule has 1 aromatic heterocycles. The molecule has 1 heterocycles. The smallest absolute Gasteiger partial charge is 0.313 e. The Morgan fingerprint density at radius 2 is 2.04 bits per heavy atom. The lowest BCUT2D eigenvalue weighted by Crippen LogP contribution is -2.47. The molecule has 2 rings (SSSR count). The topological polar surface area (TPSA) is 94.2 Å². The normalized spacial score (nSPS) is 15.0.